The van der Waals surface area contributed by atoms with Crippen LogP contribution in [0.1, 0.15) is 34.6 Å². The van der Waals surface area contributed by atoms with Crippen LogP contribution in [0, 0.1) is 0 Å². The number of Topliss-reactive ketones (excluding diaryl/α,β-unsaturated/α-hetero) is 2. The fourth-order valence-corrected chi connectivity index (χ4v) is 3.78. The van der Waals surface area contributed by atoms with Crippen LogP contribution in [-0.4, -0.2) is 16.6 Å². The third kappa shape index (κ3) is 2.68. The number of aromatic nitrogens is 1. The van der Waals surface area contributed by atoms with Gasteiger partial charge in [0.25, 0.3) is 0 Å². The van der Waals surface area contributed by atoms with Crippen molar-refractivity contribution in [2.75, 3.05) is 0 Å². The Balaban J connectivity index is 1.89. The molecule has 1 aliphatic carbocycles. The predicted molar refractivity (Wildman–Crippen MR) is 95.4 cm³/mol. The number of carbonyl (C=O) groups is 2. The van der Waals surface area contributed by atoms with Gasteiger partial charge in [-0.1, -0.05) is 66.7 Å². The van der Waals surface area contributed by atoms with E-state index in [1.807, 2.05) is 78.9 Å². The van der Waals surface area contributed by atoms with Crippen LogP contribution in [0.4, 0.5) is 0 Å². The largest absolute Gasteiger partial charge is 0.290 e. The Morgan fingerprint density at radius 2 is 1.16 bits per heavy atom. The molecule has 4 rings (SSSR count). The number of carbonyl (C=O) groups excluding carboxylic acids is 2. The van der Waals surface area contributed by atoms with Crippen molar-refractivity contribution < 1.29 is 9.59 Å². The number of hydrogen-bond donors (Lipinski definition) is 0. The predicted octanol–water partition coefficient (Wildman–Crippen LogP) is 3.88. The summed E-state index contributed by atoms with van der Waals surface area (Å²) in [7, 11) is 0. The van der Waals surface area contributed by atoms with E-state index in [9.17, 15) is 9.59 Å². The summed E-state index contributed by atoms with van der Waals surface area (Å²) in [4.78, 5) is 30.2. The van der Waals surface area contributed by atoms with Gasteiger partial charge in [-0.15, -0.1) is 0 Å². The summed E-state index contributed by atoms with van der Waals surface area (Å²) in [5, 5.41) is 0. The van der Waals surface area contributed by atoms with Crippen molar-refractivity contribution in [2.24, 2.45) is 0 Å². The van der Waals surface area contributed by atoms with Crippen LogP contribution in [0.15, 0.2) is 85.1 Å². The molecule has 2 aromatic carbocycles. The highest BCUT2D eigenvalue weighted by Gasteiger charge is 2.51. The molecule has 3 unspecified atom stereocenters. The Morgan fingerprint density at radius 3 is 1.76 bits per heavy atom. The zero-order chi connectivity index (χ0) is 17.2. The molecule has 122 valence electrons. The molecule has 3 atom stereocenters. The molecule has 3 heteroatoms. The topological polar surface area (TPSA) is 47.0 Å². The van der Waals surface area contributed by atoms with Crippen LogP contribution >= 0.6 is 0 Å². The van der Waals surface area contributed by atoms with Crippen molar-refractivity contribution in [1.82, 2.24) is 4.98 Å². The molecule has 0 radical (unpaired) electrons. The summed E-state index contributed by atoms with van der Waals surface area (Å²) in [6.45, 7) is 0. The summed E-state index contributed by atoms with van der Waals surface area (Å²) >= 11 is 0. The molecule has 1 fully saturated rings. The smallest absolute Gasteiger partial charge is 0.208 e. The lowest BCUT2D eigenvalue weighted by atomic mass is 9.78. The molecule has 0 amide bonds. The van der Waals surface area contributed by atoms with E-state index in [1.165, 1.54) is 0 Å². The van der Waals surface area contributed by atoms with Gasteiger partial charge < -0.3 is 0 Å². The van der Waals surface area contributed by atoms with Gasteiger partial charge in [0, 0.05) is 12.1 Å². The molecular formula is C22H17NO2. The highest BCUT2D eigenvalue weighted by atomic mass is 16.2. The minimum Gasteiger partial charge on any atom is -0.290 e. The number of nitrogens with zero attached hydrogens (tertiary/aromatic N) is 1. The Labute approximate surface area is 146 Å². The molecule has 0 N–H and O–H groups in total. The van der Waals surface area contributed by atoms with Gasteiger partial charge in [-0.25, -0.2) is 0 Å². The first-order chi connectivity index (χ1) is 12.3. The number of hydrogen-bond acceptors (Lipinski definition) is 3. The van der Waals surface area contributed by atoms with E-state index in [-0.39, 0.29) is 17.5 Å². The summed E-state index contributed by atoms with van der Waals surface area (Å²) < 4.78 is 0. The maximum Gasteiger partial charge on any atom is 0.208 e. The Hall–Kier alpha value is -3.07. The van der Waals surface area contributed by atoms with E-state index in [0.717, 1.165) is 11.1 Å². The minimum absolute atomic E-state index is 0.238. The van der Waals surface area contributed by atoms with Gasteiger partial charge in [-0.2, -0.15) is 0 Å². The fourth-order valence-electron chi connectivity index (χ4n) is 3.78. The monoisotopic (exact) mass is 327 g/mol. The average molecular weight is 327 g/mol. The Bertz CT molecular complexity index is 834. The van der Waals surface area contributed by atoms with Crippen LogP contribution in [0.3, 0.4) is 0 Å². The Morgan fingerprint density at radius 1 is 0.600 bits per heavy atom. The van der Waals surface area contributed by atoms with Gasteiger partial charge in [0.1, 0.15) is 0 Å². The highest BCUT2D eigenvalue weighted by molar-refractivity contribution is 6.44. The summed E-state index contributed by atoms with van der Waals surface area (Å²) in [6.07, 6.45) is 1.67. The molecule has 1 aliphatic rings. The summed E-state index contributed by atoms with van der Waals surface area (Å²) in [5.74, 6) is -1.92. The van der Waals surface area contributed by atoms with Crippen LogP contribution < -0.4 is 0 Å². The molecule has 1 heterocycles. The van der Waals surface area contributed by atoms with Gasteiger partial charge in [0.2, 0.25) is 11.6 Å². The second kappa shape index (κ2) is 6.44. The normalized spacial score (nSPS) is 23.0. The Kier molecular flexibility index (Phi) is 3.98. The molecule has 0 aliphatic heterocycles. The molecule has 0 bridgehead atoms. The van der Waals surface area contributed by atoms with Gasteiger partial charge in [-0.05, 0) is 23.3 Å². The fraction of sp³-hybridized carbons (Fsp3) is 0.136. The van der Waals surface area contributed by atoms with Gasteiger partial charge in [0.15, 0.2) is 0 Å². The van der Waals surface area contributed by atoms with Crippen molar-refractivity contribution in [3.63, 3.8) is 0 Å². The minimum atomic E-state index is -0.540. The maximum atomic E-state index is 12.9. The van der Waals surface area contributed by atoms with Gasteiger partial charge in [0.05, 0.1) is 17.5 Å². The van der Waals surface area contributed by atoms with Crippen LogP contribution in [0.5, 0.6) is 0 Å². The van der Waals surface area contributed by atoms with Crippen molar-refractivity contribution in [3.05, 3.63) is 102 Å². The molecule has 0 saturated heterocycles. The highest BCUT2D eigenvalue weighted by Crippen LogP contribution is 2.49. The van der Waals surface area contributed by atoms with Crippen LogP contribution in [-0.2, 0) is 9.59 Å². The average Bonchev–Trinajstić information content (AvgIpc) is 2.95. The van der Waals surface area contributed by atoms with Crippen molar-refractivity contribution in [1.29, 1.82) is 0 Å². The third-order valence-corrected chi connectivity index (χ3v) is 4.88. The molecule has 1 aromatic heterocycles. The molecule has 0 spiro atoms. The van der Waals surface area contributed by atoms with Crippen molar-refractivity contribution >= 4 is 11.6 Å². The number of benzene rings is 2. The van der Waals surface area contributed by atoms with E-state index >= 15 is 0 Å². The first-order valence-corrected chi connectivity index (χ1v) is 8.36. The molecule has 25 heavy (non-hydrogen) atoms. The van der Waals surface area contributed by atoms with Gasteiger partial charge >= 0.3 is 0 Å². The maximum absolute atomic E-state index is 12.9. The van der Waals surface area contributed by atoms with Crippen molar-refractivity contribution in [3.8, 4) is 0 Å². The van der Waals surface area contributed by atoms with E-state index in [1.54, 1.807) is 6.20 Å². The zero-order valence-electron chi connectivity index (χ0n) is 13.6. The number of pyridine rings is 1. The number of ketones is 2. The molecule has 1 saturated carbocycles. The van der Waals surface area contributed by atoms with E-state index in [2.05, 4.69) is 4.98 Å². The third-order valence-electron chi connectivity index (χ3n) is 4.88. The first kappa shape index (κ1) is 15.5. The first-order valence-electron chi connectivity index (χ1n) is 8.36. The van der Waals surface area contributed by atoms with E-state index < -0.39 is 11.8 Å². The van der Waals surface area contributed by atoms with E-state index in [0.29, 0.717) is 5.69 Å². The lowest BCUT2D eigenvalue weighted by Crippen LogP contribution is -2.15. The molecule has 3 aromatic rings. The second-order valence-corrected chi connectivity index (χ2v) is 6.29. The molecule has 3 nitrogen and oxygen atoms in total. The van der Waals surface area contributed by atoms with Gasteiger partial charge in [-0.3, -0.25) is 14.6 Å². The second-order valence-electron chi connectivity index (χ2n) is 6.29. The summed E-state index contributed by atoms with van der Waals surface area (Å²) in [6, 6.07) is 24.9. The quantitative estimate of drug-likeness (QED) is 0.686. The van der Waals surface area contributed by atoms with E-state index in [4.69, 9.17) is 0 Å². The van der Waals surface area contributed by atoms with Crippen LogP contribution in [0.25, 0.3) is 0 Å². The lowest BCUT2D eigenvalue weighted by molar-refractivity contribution is -0.135. The standard InChI is InChI=1S/C22H17NO2/c24-21-19(16-11-5-2-6-12-16)18(15-9-3-1-4-10-15)20(22(21)25)17-13-7-8-14-23-17/h1-14,18-20H. The summed E-state index contributed by atoms with van der Waals surface area (Å²) in [5.41, 5.74) is 2.53. The number of rotatable bonds is 3. The van der Waals surface area contributed by atoms with Crippen molar-refractivity contribution in [2.45, 2.75) is 17.8 Å². The molecular weight excluding hydrogens is 310 g/mol. The van der Waals surface area contributed by atoms with Crippen LogP contribution in [0.2, 0.25) is 0 Å². The zero-order valence-corrected chi connectivity index (χ0v) is 13.6. The SMILES string of the molecule is O=C1C(=O)C(c2ccccn2)C(c2ccccc2)C1c1ccccc1. The lowest BCUT2D eigenvalue weighted by Gasteiger charge is -2.23.